The van der Waals surface area contributed by atoms with Crippen LogP contribution in [0.3, 0.4) is 0 Å². The molecule has 0 unspecified atom stereocenters. The first-order valence-electron chi connectivity index (χ1n) is 3.40. The summed E-state index contributed by atoms with van der Waals surface area (Å²) in [6.45, 7) is 0. The lowest BCUT2D eigenvalue weighted by Gasteiger charge is -2.11. The third kappa shape index (κ3) is 1.15. The van der Waals surface area contributed by atoms with Crippen LogP contribution in [0.1, 0.15) is 5.56 Å². The van der Waals surface area contributed by atoms with Crippen molar-refractivity contribution in [1.29, 1.82) is 0 Å². The molecule has 0 saturated heterocycles. The van der Waals surface area contributed by atoms with Gasteiger partial charge in [0.25, 0.3) is 0 Å². The molecule has 0 amide bonds. The van der Waals surface area contributed by atoms with Gasteiger partial charge in [0.15, 0.2) is 5.84 Å². The SMILES string of the molecule is Cn1ncc2c1NS(=O)(=O)N=C2N. The zero-order valence-corrected chi connectivity index (χ0v) is 7.54. The molecule has 0 aliphatic carbocycles. The average Bonchev–Trinajstić information content (AvgIpc) is 2.30. The molecule has 1 aliphatic heterocycles. The monoisotopic (exact) mass is 201 g/mol. The van der Waals surface area contributed by atoms with Gasteiger partial charge < -0.3 is 5.73 Å². The van der Waals surface area contributed by atoms with Crippen molar-refractivity contribution in [2.45, 2.75) is 0 Å². The van der Waals surface area contributed by atoms with Crippen LogP contribution in [0.5, 0.6) is 0 Å². The molecule has 0 aromatic carbocycles. The van der Waals surface area contributed by atoms with Gasteiger partial charge in [0.05, 0.1) is 11.8 Å². The Bertz CT molecular complexity index is 485. The highest BCUT2D eigenvalue weighted by Gasteiger charge is 2.23. The third-order valence-electron chi connectivity index (χ3n) is 1.66. The number of rotatable bonds is 0. The van der Waals surface area contributed by atoms with Gasteiger partial charge in [-0.15, -0.1) is 4.40 Å². The number of aromatic nitrogens is 2. The van der Waals surface area contributed by atoms with Crippen LogP contribution in [-0.2, 0) is 17.3 Å². The molecule has 1 aromatic heterocycles. The highest BCUT2D eigenvalue weighted by atomic mass is 32.2. The molecule has 3 N–H and O–H groups in total. The van der Waals surface area contributed by atoms with Crippen LogP contribution in [0.15, 0.2) is 10.6 Å². The normalized spacial score (nSPS) is 18.7. The molecule has 2 rings (SSSR count). The lowest BCUT2D eigenvalue weighted by atomic mass is 10.3. The van der Waals surface area contributed by atoms with Crippen LogP contribution in [-0.4, -0.2) is 24.0 Å². The number of amidine groups is 1. The van der Waals surface area contributed by atoms with Crippen molar-refractivity contribution < 1.29 is 8.42 Å². The summed E-state index contributed by atoms with van der Waals surface area (Å²) in [4.78, 5) is 0. The molecule has 8 heteroatoms. The molecular weight excluding hydrogens is 194 g/mol. The summed E-state index contributed by atoms with van der Waals surface area (Å²) < 4.78 is 29.0. The quantitative estimate of drug-likeness (QED) is 0.550. The smallest absolute Gasteiger partial charge is 0.345 e. The van der Waals surface area contributed by atoms with Gasteiger partial charge in [-0.25, -0.2) is 4.72 Å². The topological polar surface area (TPSA) is 102 Å². The molecule has 0 spiro atoms. The Morgan fingerprint density at radius 3 is 3.00 bits per heavy atom. The van der Waals surface area contributed by atoms with Crippen molar-refractivity contribution in [2.24, 2.45) is 17.2 Å². The van der Waals surface area contributed by atoms with Crippen LogP contribution in [0, 0.1) is 0 Å². The van der Waals surface area contributed by atoms with E-state index >= 15 is 0 Å². The van der Waals surface area contributed by atoms with Crippen molar-refractivity contribution in [3.63, 3.8) is 0 Å². The Hall–Kier alpha value is -1.57. The van der Waals surface area contributed by atoms with Crippen LogP contribution >= 0.6 is 0 Å². The second kappa shape index (κ2) is 2.22. The average molecular weight is 201 g/mol. The highest BCUT2D eigenvalue weighted by molar-refractivity contribution is 7.91. The van der Waals surface area contributed by atoms with Gasteiger partial charge >= 0.3 is 10.2 Å². The lowest BCUT2D eigenvalue weighted by Crippen LogP contribution is -2.26. The van der Waals surface area contributed by atoms with E-state index in [2.05, 4.69) is 14.2 Å². The van der Waals surface area contributed by atoms with E-state index in [-0.39, 0.29) is 5.84 Å². The minimum Gasteiger partial charge on any atom is -0.382 e. The molecule has 0 radical (unpaired) electrons. The van der Waals surface area contributed by atoms with Gasteiger partial charge in [-0.2, -0.15) is 13.5 Å². The van der Waals surface area contributed by atoms with Crippen molar-refractivity contribution >= 4 is 21.9 Å². The van der Waals surface area contributed by atoms with Gasteiger partial charge in [-0.05, 0) is 0 Å². The number of hydrogen-bond acceptors (Lipinski definition) is 4. The number of aryl methyl sites for hydroxylation is 1. The Labute approximate surface area is 74.4 Å². The molecule has 0 bridgehead atoms. The Morgan fingerprint density at radius 2 is 2.31 bits per heavy atom. The predicted octanol–water partition coefficient (Wildman–Crippen LogP) is -1.20. The molecule has 2 heterocycles. The van der Waals surface area contributed by atoms with Crippen LogP contribution < -0.4 is 10.5 Å². The molecule has 0 fully saturated rings. The first-order chi connectivity index (χ1) is 5.99. The molecule has 7 nitrogen and oxygen atoms in total. The van der Waals surface area contributed by atoms with Gasteiger partial charge in [-0.1, -0.05) is 0 Å². The summed E-state index contributed by atoms with van der Waals surface area (Å²) in [5.74, 6) is 0.300. The first kappa shape index (κ1) is 8.05. The van der Waals surface area contributed by atoms with Crippen LogP contribution in [0.25, 0.3) is 0 Å². The maximum atomic E-state index is 11.1. The zero-order valence-electron chi connectivity index (χ0n) is 6.72. The van der Waals surface area contributed by atoms with E-state index in [0.29, 0.717) is 11.4 Å². The molecular formula is C5H7N5O2S. The number of nitrogens with zero attached hydrogens (tertiary/aromatic N) is 3. The predicted molar refractivity (Wildman–Crippen MR) is 46.5 cm³/mol. The van der Waals surface area contributed by atoms with E-state index in [0.717, 1.165) is 0 Å². The maximum absolute atomic E-state index is 11.1. The molecule has 0 saturated carbocycles. The summed E-state index contributed by atoms with van der Waals surface area (Å²) in [6.07, 6.45) is 1.45. The highest BCUT2D eigenvalue weighted by Crippen LogP contribution is 2.20. The Morgan fingerprint density at radius 1 is 1.62 bits per heavy atom. The minimum absolute atomic E-state index is 0.0400. The second-order valence-electron chi connectivity index (χ2n) is 2.58. The maximum Gasteiger partial charge on any atom is 0.345 e. The molecule has 0 atom stereocenters. The molecule has 70 valence electrons. The number of hydrogen-bond donors (Lipinski definition) is 2. The number of fused-ring (bicyclic) bond motifs is 1. The summed E-state index contributed by atoms with van der Waals surface area (Å²) in [5.41, 5.74) is 5.91. The van der Waals surface area contributed by atoms with E-state index < -0.39 is 10.2 Å². The van der Waals surface area contributed by atoms with E-state index in [4.69, 9.17) is 5.73 Å². The van der Waals surface area contributed by atoms with Crippen molar-refractivity contribution in [3.05, 3.63) is 11.8 Å². The summed E-state index contributed by atoms with van der Waals surface area (Å²) >= 11 is 0. The van der Waals surface area contributed by atoms with Gasteiger partial charge in [0, 0.05) is 7.05 Å². The molecule has 13 heavy (non-hydrogen) atoms. The van der Waals surface area contributed by atoms with Gasteiger partial charge in [0.2, 0.25) is 0 Å². The zero-order chi connectivity index (χ0) is 9.64. The van der Waals surface area contributed by atoms with Crippen molar-refractivity contribution in [2.75, 3.05) is 4.72 Å². The van der Waals surface area contributed by atoms with Crippen LogP contribution in [0.2, 0.25) is 0 Å². The number of nitrogens with one attached hydrogen (secondary N) is 1. The third-order valence-corrected chi connectivity index (χ3v) is 2.55. The van der Waals surface area contributed by atoms with Gasteiger partial charge in [0.1, 0.15) is 5.82 Å². The van der Waals surface area contributed by atoms with Crippen molar-refractivity contribution in [1.82, 2.24) is 9.78 Å². The fourth-order valence-corrected chi connectivity index (χ4v) is 1.96. The molecule has 1 aromatic rings. The fourth-order valence-electron chi connectivity index (χ4n) is 1.07. The fraction of sp³-hybridized carbons (Fsp3) is 0.200. The largest absolute Gasteiger partial charge is 0.382 e. The number of anilines is 1. The molecule has 1 aliphatic rings. The summed E-state index contributed by atoms with van der Waals surface area (Å²) in [6, 6.07) is 0. The van der Waals surface area contributed by atoms with Crippen molar-refractivity contribution in [3.8, 4) is 0 Å². The Balaban J connectivity index is 2.71. The van der Waals surface area contributed by atoms with E-state index in [1.165, 1.54) is 10.9 Å². The minimum atomic E-state index is -3.69. The van der Waals surface area contributed by atoms with E-state index in [9.17, 15) is 8.42 Å². The summed E-state index contributed by atoms with van der Waals surface area (Å²) in [5, 5.41) is 3.84. The van der Waals surface area contributed by atoms with E-state index in [1.807, 2.05) is 0 Å². The number of nitrogens with two attached hydrogens (primary N) is 1. The summed E-state index contributed by atoms with van der Waals surface area (Å²) in [7, 11) is -2.07. The standard InChI is InChI=1S/C5H7N5O2S/c1-10-5-3(2-7-10)4(6)8-13(11,12)9-5/h2,9H,1H3,(H2,6,8). The van der Waals surface area contributed by atoms with Crippen LogP contribution in [0.4, 0.5) is 5.82 Å². The van der Waals surface area contributed by atoms with E-state index in [1.54, 1.807) is 7.05 Å². The lowest BCUT2D eigenvalue weighted by molar-refractivity contribution is 0.601. The Kier molecular flexibility index (Phi) is 1.38. The van der Waals surface area contributed by atoms with Gasteiger partial charge in [-0.3, -0.25) is 4.68 Å². The second-order valence-corrected chi connectivity index (χ2v) is 3.92. The first-order valence-corrected chi connectivity index (χ1v) is 4.84.